The minimum Gasteiger partial charge on any atom is -0.466 e. The van der Waals surface area contributed by atoms with Gasteiger partial charge in [-0.1, -0.05) is 0 Å². The monoisotopic (exact) mass is 260 g/mol. The summed E-state index contributed by atoms with van der Waals surface area (Å²) >= 11 is 0. The number of hydrogen-bond acceptors (Lipinski definition) is 6. The van der Waals surface area contributed by atoms with Crippen molar-refractivity contribution in [2.24, 2.45) is 5.92 Å². The zero-order chi connectivity index (χ0) is 13.4. The van der Waals surface area contributed by atoms with Crippen LogP contribution < -0.4 is 0 Å². The zero-order valence-electron chi connectivity index (χ0n) is 10.3. The summed E-state index contributed by atoms with van der Waals surface area (Å²) in [6, 6.07) is 0. The van der Waals surface area contributed by atoms with Crippen molar-refractivity contribution in [3.63, 3.8) is 0 Å². The third kappa shape index (κ3) is 5.46. The Balaban J connectivity index is 2.57. The summed E-state index contributed by atoms with van der Waals surface area (Å²) in [6.45, 7) is 0.176. The lowest BCUT2D eigenvalue weighted by molar-refractivity contribution is -0.150. The highest BCUT2D eigenvalue weighted by atomic mass is 16.5. The van der Waals surface area contributed by atoms with E-state index in [-0.39, 0.29) is 18.8 Å². The molecule has 0 amide bonds. The van der Waals surface area contributed by atoms with E-state index in [0.717, 1.165) is 0 Å². The first kappa shape index (κ1) is 14.9. The lowest BCUT2D eigenvalue weighted by Crippen LogP contribution is -2.28. The van der Waals surface area contributed by atoms with Gasteiger partial charge in [-0.3, -0.25) is 9.59 Å². The molecule has 18 heavy (non-hydrogen) atoms. The summed E-state index contributed by atoms with van der Waals surface area (Å²) in [5, 5.41) is 18.5. The van der Waals surface area contributed by atoms with Crippen LogP contribution in [-0.4, -0.2) is 48.1 Å². The van der Waals surface area contributed by atoms with E-state index in [1.54, 1.807) is 0 Å². The van der Waals surface area contributed by atoms with Gasteiger partial charge in [-0.25, -0.2) is 0 Å². The van der Waals surface area contributed by atoms with Gasteiger partial charge < -0.3 is 19.7 Å². The van der Waals surface area contributed by atoms with Crippen LogP contribution in [0, 0.1) is 5.92 Å². The highest BCUT2D eigenvalue weighted by molar-refractivity contribution is 5.71. The van der Waals surface area contributed by atoms with Crippen molar-refractivity contribution in [2.75, 3.05) is 19.8 Å². The molecule has 0 aromatic heterocycles. The fourth-order valence-electron chi connectivity index (χ4n) is 1.80. The number of ether oxygens (including phenoxy) is 2. The molecule has 0 aliphatic carbocycles. The maximum Gasteiger partial charge on any atom is 0.306 e. The van der Waals surface area contributed by atoms with Gasteiger partial charge in [0.2, 0.25) is 0 Å². The molecule has 1 aliphatic rings. The number of esters is 2. The van der Waals surface area contributed by atoms with Crippen LogP contribution in [-0.2, 0) is 19.1 Å². The Bertz CT molecular complexity index is 278. The average molecular weight is 260 g/mol. The Kier molecular flexibility index (Phi) is 6.67. The zero-order valence-corrected chi connectivity index (χ0v) is 10.3. The predicted octanol–water partition coefficient (Wildman–Crippen LogP) is 0.00630. The molecule has 0 saturated carbocycles. The van der Waals surface area contributed by atoms with Gasteiger partial charge in [-0.2, -0.15) is 0 Å². The van der Waals surface area contributed by atoms with Crippen LogP contribution in [0.15, 0.2) is 0 Å². The second-order valence-corrected chi connectivity index (χ2v) is 4.40. The van der Waals surface area contributed by atoms with Crippen LogP contribution in [0.2, 0.25) is 0 Å². The summed E-state index contributed by atoms with van der Waals surface area (Å²) in [4.78, 5) is 22.8. The Morgan fingerprint density at radius 1 is 1.17 bits per heavy atom. The Hall–Kier alpha value is -1.14. The standard InChI is InChI=1S/C12H20O6/c13-8-10(14)9-3-4-11(15)17-5-1-2-6-18-12(16)7-9/h9-10,13-14H,1-8H2. The number of rotatable bonds is 2. The normalized spacial score (nSPS) is 25.3. The first-order valence-corrected chi connectivity index (χ1v) is 6.23. The molecule has 6 heteroatoms. The van der Waals surface area contributed by atoms with Crippen molar-refractivity contribution in [3.05, 3.63) is 0 Å². The first-order chi connectivity index (χ1) is 8.63. The number of aliphatic hydroxyl groups excluding tert-OH is 2. The summed E-state index contributed by atoms with van der Waals surface area (Å²) < 4.78 is 9.97. The van der Waals surface area contributed by atoms with E-state index in [9.17, 15) is 14.7 Å². The number of hydrogen-bond donors (Lipinski definition) is 2. The lowest BCUT2D eigenvalue weighted by atomic mass is 9.93. The highest BCUT2D eigenvalue weighted by Gasteiger charge is 2.24. The predicted molar refractivity (Wildman–Crippen MR) is 61.6 cm³/mol. The Labute approximate surface area is 106 Å². The largest absolute Gasteiger partial charge is 0.466 e. The molecule has 104 valence electrons. The second-order valence-electron chi connectivity index (χ2n) is 4.40. The molecule has 0 aromatic carbocycles. The van der Waals surface area contributed by atoms with Crippen molar-refractivity contribution < 1.29 is 29.3 Å². The topological polar surface area (TPSA) is 93.1 Å². The van der Waals surface area contributed by atoms with Gasteiger partial charge in [0.25, 0.3) is 0 Å². The van der Waals surface area contributed by atoms with Crippen LogP contribution in [0.3, 0.4) is 0 Å². The van der Waals surface area contributed by atoms with Crippen molar-refractivity contribution in [1.29, 1.82) is 0 Å². The second kappa shape index (κ2) is 8.05. The molecule has 1 rings (SSSR count). The van der Waals surface area contributed by atoms with Gasteiger partial charge in [0.05, 0.1) is 32.3 Å². The molecule has 1 aliphatic heterocycles. The third-order valence-corrected chi connectivity index (χ3v) is 2.94. The molecule has 2 unspecified atom stereocenters. The van der Waals surface area contributed by atoms with E-state index in [1.165, 1.54) is 0 Å². The first-order valence-electron chi connectivity index (χ1n) is 6.23. The van der Waals surface area contributed by atoms with Gasteiger partial charge >= 0.3 is 11.9 Å². The van der Waals surface area contributed by atoms with Crippen molar-refractivity contribution in [2.45, 2.75) is 38.2 Å². The summed E-state index contributed by atoms with van der Waals surface area (Å²) in [5.74, 6) is -1.21. The maximum absolute atomic E-state index is 11.5. The number of carbonyl (C=O) groups is 2. The molecule has 0 aromatic rings. The Morgan fingerprint density at radius 3 is 2.39 bits per heavy atom. The molecule has 0 spiro atoms. The quantitative estimate of drug-likeness (QED) is 0.679. The van der Waals surface area contributed by atoms with Crippen LogP contribution in [0.5, 0.6) is 0 Å². The summed E-state index contributed by atoms with van der Waals surface area (Å²) in [5.41, 5.74) is 0. The molecule has 6 nitrogen and oxygen atoms in total. The molecule has 0 bridgehead atoms. The molecular formula is C12H20O6. The minimum absolute atomic E-state index is 0.00894. The van der Waals surface area contributed by atoms with Gasteiger partial charge in [0.15, 0.2) is 0 Å². The SMILES string of the molecule is O=C1CCC(C(O)CO)CC(=O)OCCCCO1. The van der Waals surface area contributed by atoms with E-state index >= 15 is 0 Å². The van der Waals surface area contributed by atoms with Gasteiger partial charge in [-0.15, -0.1) is 0 Å². The van der Waals surface area contributed by atoms with E-state index in [2.05, 4.69) is 0 Å². The van der Waals surface area contributed by atoms with Gasteiger partial charge in [-0.05, 0) is 25.2 Å². The Morgan fingerprint density at radius 2 is 1.78 bits per heavy atom. The molecule has 1 heterocycles. The summed E-state index contributed by atoms with van der Waals surface area (Å²) in [6.07, 6.45) is 0.737. The average Bonchev–Trinajstić information content (AvgIpc) is 2.36. The number of aliphatic hydroxyl groups is 2. The van der Waals surface area contributed by atoms with Crippen LogP contribution >= 0.6 is 0 Å². The van der Waals surface area contributed by atoms with Crippen LogP contribution in [0.1, 0.15) is 32.1 Å². The number of carbonyl (C=O) groups excluding carboxylic acids is 2. The van der Waals surface area contributed by atoms with E-state index in [4.69, 9.17) is 14.6 Å². The van der Waals surface area contributed by atoms with Crippen LogP contribution in [0.25, 0.3) is 0 Å². The lowest BCUT2D eigenvalue weighted by Gasteiger charge is -2.20. The van der Waals surface area contributed by atoms with E-state index in [1.807, 2.05) is 0 Å². The molecule has 0 radical (unpaired) electrons. The van der Waals surface area contributed by atoms with E-state index < -0.39 is 24.6 Å². The molecule has 1 saturated heterocycles. The summed E-state index contributed by atoms with van der Waals surface area (Å²) in [7, 11) is 0. The molecule has 2 atom stereocenters. The van der Waals surface area contributed by atoms with Crippen molar-refractivity contribution in [3.8, 4) is 0 Å². The van der Waals surface area contributed by atoms with Crippen LogP contribution in [0.4, 0.5) is 0 Å². The highest BCUT2D eigenvalue weighted by Crippen LogP contribution is 2.18. The van der Waals surface area contributed by atoms with Crippen molar-refractivity contribution in [1.82, 2.24) is 0 Å². The smallest absolute Gasteiger partial charge is 0.306 e. The van der Waals surface area contributed by atoms with Crippen molar-refractivity contribution >= 4 is 11.9 Å². The number of cyclic esters (lactones) is 2. The fraction of sp³-hybridized carbons (Fsp3) is 0.833. The van der Waals surface area contributed by atoms with Gasteiger partial charge in [0.1, 0.15) is 0 Å². The van der Waals surface area contributed by atoms with E-state index in [0.29, 0.717) is 32.5 Å². The minimum atomic E-state index is -1.02. The molecule has 2 N–H and O–H groups in total. The molecule has 1 fully saturated rings. The molecular weight excluding hydrogens is 240 g/mol. The fourth-order valence-corrected chi connectivity index (χ4v) is 1.80. The maximum atomic E-state index is 11.5. The van der Waals surface area contributed by atoms with Gasteiger partial charge in [0, 0.05) is 6.42 Å². The third-order valence-electron chi connectivity index (χ3n) is 2.94.